The number of nitrogens with one attached hydrogen (secondary N) is 2. The number of methoxy groups -OCH3 is 1. The number of anilines is 1. The number of carbonyl (C=O) groups excluding carboxylic acids is 1. The SMILES string of the molecule is COC(=O)c1cccc(-c2cc3cc(Cl)cc(NC4CCCC4)c3[nH]2)c1. The van der Waals surface area contributed by atoms with Gasteiger partial charge >= 0.3 is 5.97 Å². The second-order valence-corrected chi connectivity index (χ2v) is 7.24. The molecular formula is C21H21ClN2O2. The van der Waals surface area contributed by atoms with Crippen LogP contribution >= 0.6 is 11.6 Å². The van der Waals surface area contributed by atoms with E-state index in [0.717, 1.165) is 27.8 Å². The van der Waals surface area contributed by atoms with Crippen LogP contribution in [-0.2, 0) is 4.74 Å². The summed E-state index contributed by atoms with van der Waals surface area (Å²) in [5.41, 5.74) is 4.50. The summed E-state index contributed by atoms with van der Waals surface area (Å²) >= 11 is 6.34. The van der Waals surface area contributed by atoms with Gasteiger partial charge in [0.2, 0.25) is 0 Å². The van der Waals surface area contributed by atoms with Gasteiger partial charge < -0.3 is 15.0 Å². The lowest BCUT2D eigenvalue weighted by atomic mass is 10.1. The Kier molecular flexibility index (Phi) is 4.60. The van der Waals surface area contributed by atoms with Crippen molar-refractivity contribution in [3.8, 4) is 11.3 Å². The fourth-order valence-corrected chi connectivity index (χ4v) is 3.93. The molecule has 2 N–H and O–H groups in total. The third kappa shape index (κ3) is 3.29. The van der Waals surface area contributed by atoms with Crippen LogP contribution in [0.2, 0.25) is 5.02 Å². The van der Waals surface area contributed by atoms with Gasteiger partial charge in [0, 0.05) is 22.1 Å². The third-order valence-electron chi connectivity index (χ3n) is 5.00. The van der Waals surface area contributed by atoms with Gasteiger partial charge in [0.1, 0.15) is 0 Å². The molecule has 5 heteroatoms. The van der Waals surface area contributed by atoms with Gasteiger partial charge in [-0.2, -0.15) is 0 Å². The van der Waals surface area contributed by atoms with E-state index in [1.165, 1.54) is 32.8 Å². The molecule has 0 radical (unpaired) electrons. The van der Waals surface area contributed by atoms with Gasteiger partial charge in [0.15, 0.2) is 0 Å². The van der Waals surface area contributed by atoms with E-state index in [1.807, 2.05) is 30.3 Å². The standard InChI is InChI=1S/C21H21ClN2O2/c1-26-21(25)14-6-4-5-13(9-14)18-11-15-10-16(22)12-19(20(15)24-18)23-17-7-2-3-8-17/h4-6,9-12,17,23-24H,2-3,7-8H2,1H3. The van der Waals surface area contributed by atoms with Gasteiger partial charge in [-0.3, -0.25) is 0 Å². The molecule has 4 nitrogen and oxygen atoms in total. The van der Waals surface area contributed by atoms with Gasteiger partial charge in [-0.15, -0.1) is 0 Å². The van der Waals surface area contributed by atoms with Crippen LogP contribution < -0.4 is 5.32 Å². The molecule has 0 aliphatic heterocycles. The molecule has 3 aromatic rings. The Balaban J connectivity index is 1.74. The van der Waals surface area contributed by atoms with Crippen molar-refractivity contribution in [1.29, 1.82) is 0 Å². The van der Waals surface area contributed by atoms with E-state index in [2.05, 4.69) is 16.4 Å². The molecule has 134 valence electrons. The van der Waals surface area contributed by atoms with E-state index >= 15 is 0 Å². The molecule has 4 rings (SSSR count). The monoisotopic (exact) mass is 368 g/mol. The summed E-state index contributed by atoms with van der Waals surface area (Å²) in [6.45, 7) is 0. The van der Waals surface area contributed by atoms with Crippen LogP contribution in [0.15, 0.2) is 42.5 Å². The van der Waals surface area contributed by atoms with Gasteiger partial charge in [-0.25, -0.2) is 4.79 Å². The highest BCUT2D eigenvalue weighted by atomic mass is 35.5. The number of ether oxygens (including phenoxy) is 1. The number of aromatic nitrogens is 1. The van der Waals surface area contributed by atoms with E-state index in [-0.39, 0.29) is 5.97 Å². The molecular weight excluding hydrogens is 348 g/mol. The maximum Gasteiger partial charge on any atom is 0.337 e. The molecule has 0 bridgehead atoms. The summed E-state index contributed by atoms with van der Waals surface area (Å²) in [5.74, 6) is -0.338. The highest BCUT2D eigenvalue weighted by Gasteiger charge is 2.17. The molecule has 0 amide bonds. The lowest BCUT2D eigenvalue weighted by Gasteiger charge is -2.14. The van der Waals surface area contributed by atoms with Crippen molar-refractivity contribution < 1.29 is 9.53 Å². The van der Waals surface area contributed by atoms with Gasteiger partial charge in [0.05, 0.1) is 23.9 Å². The Labute approximate surface area is 157 Å². The van der Waals surface area contributed by atoms with Gasteiger partial charge in [-0.1, -0.05) is 36.6 Å². The molecule has 1 heterocycles. The fraction of sp³-hybridized carbons (Fsp3) is 0.286. The lowest BCUT2D eigenvalue weighted by Crippen LogP contribution is -2.14. The first-order chi connectivity index (χ1) is 12.6. The number of rotatable bonds is 4. The van der Waals surface area contributed by atoms with Gasteiger partial charge in [0.25, 0.3) is 0 Å². The quantitative estimate of drug-likeness (QED) is 0.587. The maximum absolute atomic E-state index is 11.8. The number of carbonyl (C=O) groups is 1. The summed E-state index contributed by atoms with van der Waals surface area (Å²) < 4.78 is 4.82. The zero-order valence-corrected chi connectivity index (χ0v) is 15.4. The Morgan fingerprint density at radius 3 is 2.77 bits per heavy atom. The molecule has 0 saturated heterocycles. The van der Waals surface area contributed by atoms with Crippen molar-refractivity contribution in [2.24, 2.45) is 0 Å². The van der Waals surface area contributed by atoms with Crippen molar-refractivity contribution in [2.45, 2.75) is 31.7 Å². The number of hydrogen-bond acceptors (Lipinski definition) is 3. The number of hydrogen-bond donors (Lipinski definition) is 2. The van der Waals surface area contributed by atoms with Crippen LogP contribution in [0.3, 0.4) is 0 Å². The highest BCUT2D eigenvalue weighted by molar-refractivity contribution is 6.32. The summed E-state index contributed by atoms with van der Waals surface area (Å²) in [5, 5.41) is 5.41. The zero-order valence-electron chi connectivity index (χ0n) is 14.6. The molecule has 0 atom stereocenters. The molecule has 2 aromatic carbocycles. The number of esters is 1. The topological polar surface area (TPSA) is 54.1 Å². The van der Waals surface area contributed by atoms with Crippen molar-refractivity contribution in [2.75, 3.05) is 12.4 Å². The smallest absolute Gasteiger partial charge is 0.337 e. The number of halogens is 1. The molecule has 1 fully saturated rings. The highest BCUT2D eigenvalue weighted by Crippen LogP contribution is 2.34. The van der Waals surface area contributed by atoms with Crippen LogP contribution in [0.1, 0.15) is 36.0 Å². The van der Waals surface area contributed by atoms with Crippen molar-refractivity contribution >= 4 is 34.2 Å². The van der Waals surface area contributed by atoms with E-state index in [0.29, 0.717) is 16.6 Å². The number of H-pyrrole nitrogens is 1. The molecule has 0 unspecified atom stereocenters. The van der Waals surface area contributed by atoms with Crippen molar-refractivity contribution in [3.05, 3.63) is 53.1 Å². The number of fused-ring (bicyclic) bond motifs is 1. The number of aromatic amines is 1. The Bertz CT molecular complexity index is 958. The third-order valence-corrected chi connectivity index (χ3v) is 5.22. The molecule has 1 aliphatic rings. The minimum atomic E-state index is -0.338. The largest absolute Gasteiger partial charge is 0.465 e. The number of benzene rings is 2. The van der Waals surface area contributed by atoms with Crippen molar-refractivity contribution in [1.82, 2.24) is 4.98 Å². The van der Waals surface area contributed by atoms with Crippen LogP contribution in [0.5, 0.6) is 0 Å². The second-order valence-electron chi connectivity index (χ2n) is 6.80. The minimum Gasteiger partial charge on any atom is -0.465 e. The summed E-state index contributed by atoms with van der Waals surface area (Å²) in [4.78, 5) is 15.3. The zero-order chi connectivity index (χ0) is 18.1. The normalized spacial score (nSPS) is 14.7. The fourth-order valence-electron chi connectivity index (χ4n) is 3.70. The van der Waals surface area contributed by atoms with E-state index in [9.17, 15) is 4.79 Å². The average Bonchev–Trinajstić information content (AvgIpc) is 3.30. The minimum absolute atomic E-state index is 0.338. The summed E-state index contributed by atoms with van der Waals surface area (Å²) in [6.07, 6.45) is 4.95. The predicted molar refractivity (Wildman–Crippen MR) is 106 cm³/mol. The molecule has 1 aromatic heterocycles. The van der Waals surface area contributed by atoms with Crippen LogP contribution in [0.4, 0.5) is 5.69 Å². The predicted octanol–water partition coefficient (Wildman–Crippen LogP) is 5.63. The first-order valence-corrected chi connectivity index (χ1v) is 9.29. The Morgan fingerprint density at radius 2 is 2.00 bits per heavy atom. The summed E-state index contributed by atoms with van der Waals surface area (Å²) in [7, 11) is 1.39. The average molecular weight is 369 g/mol. The molecule has 26 heavy (non-hydrogen) atoms. The van der Waals surface area contributed by atoms with E-state index < -0.39 is 0 Å². The van der Waals surface area contributed by atoms with Crippen LogP contribution in [0.25, 0.3) is 22.2 Å². The van der Waals surface area contributed by atoms with E-state index in [4.69, 9.17) is 16.3 Å². The maximum atomic E-state index is 11.8. The molecule has 1 saturated carbocycles. The van der Waals surface area contributed by atoms with Gasteiger partial charge in [-0.05, 0) is 48.7 Å². The first-order valence-electron chi connectivity index (χ1n) is 8.91. The van der Waals surface area contributed by atoms with Crippen LogP contribution in [-0.4, -0.2) is 24.1 Å². The summed E-state index contributed by atoms with van der Waals surface area (Å²) in [6, 6.07) is 13.9. The van der Waals surface area contributed by atoms with Crippen LogP contribution in [0, 0.1) is 0 Å². The van der Waals surface area contributed by atoms with E-state index in [1.54, 1.807) is 6.07 Å². The molecule has 1 aliphatic carbocycles. The lowest BCUT2D eigenvalue weighted by molar-refractivity contribution is 0.0601. The first kappa shape index (κ1) is 17.0. The Morgan fingerprint density at radius 1 is 1.19 bits per heavy atom. The Hall–Kier alpha value is -2.46. The van der Waals surface area contributed by atoms with Crippen molar-refractivity contribution in [3.63, 3.8) is 0 Å². The second kappa shape index (κ2) is 7.04. The molecule has 0 spiro atoms.